The Hall–Kier alpha value is -1.67. The Morgan fingerprint density at radius 2 is 1.94 bits per heavy atom. The standard InChI is InChI=1S/C10H11BrN2O5/c1-3-5(7(12)10(15)16)9(14)6(11)4(2)8(3)13(17)18/h7,14H,12H2,1-2H3,(H,15,16)/t7-/m0/s1. The molecule has 18 heavy (non-hydrogen) atoms. The first-order valence-corrected chi connectivity index (χ1v) is 5.63. The number of aromatic hydroxyl groups is 1. The Labute approximate surface area is 111 Å². The summed E-state index contributed by atoms with van der Waals surface area (Å²) < 4.78 is 0.0755. The zero-order valence-electron chi connectivity index (χ0n) is 9.60. The molecule has 0 radical (unpaired) electrons. The fraction of sp³-hybridized carbons (Fsp3) is 0.300. The highest BCUT2D eigenvalue weighted by atomic mass is 79.9. The van der Waals surface area contributed by atoms with Crippen molar-refractivity contribution in [2.75, 3.05) is 0 Å². The van der Waals surface area contributed by atoms with E-state index in [1.165, 1.54) is 13.8 Å². The van der Waals surface area contributed by atoms with E-state index in [-0.39, 0.29) is 32.6 Å². The average Bonchev–Trinajstić information content (AvgIpc) is 2.25. The van der Waals surface area contributed by atoms with Gasteiger partial charge in [-0.15, -0.1) is 0 Å². The van der Waals surface area contributed by atoms with Gasteiger partial charge in [0.15, 0.2) is 0 Å². The predicted molar refractivity (Wildman–Crippen MR) is 66.5 cm³/mol. The number of aliphatic carboxylic acids is 1. The number of nitro benzene ring substituents is 1. The number of rotatable bonds is 3. The number of benzene rings is 1. The van der Waals surface area contributed by atoms with Crippen LogP contribution in [0.25, 0.3) is 0 Å². The Kier molecular flexibility index (Phi) is 3.92. The zero-order valence-corrected chi connectivity index (χ0v) is 11.2. The first kappa shape index (κ1) is 14.4. The van der Waals surface area contributed by atoms with E-state index in [4.69, 9.17) is 10.8 Å². The van der Waals surface area contributed by atoms with Gasteiger partial charge >= 0.3 is 5.97 Å². The van der Waals surface area contributed by atoms with Crippen molar-refractivity contribution in [3.05, 3.63) is 31.3 Å². The summed E-state index contributed by atoms with van der Waals surface area (Å²) in [5.74, 6) is -1.76. The minimum absolute atomic E-state index is 0.0492. The van der Waals surface area contributed by atoms with Crippen molar-refractivity contribution < 1.29 is 19.9 Å². The fourth-order valence-corrected chi connectivity index (χ4v) is 2.17. The minimum atomic E-state index is -1.53. The van der Waals surface area contributed by atoms with Crippen LogP contribution < -0.4 is 5.73 Å². The van der Waals surface area contributed by atoms with Crippen LogP contribution in [0, 0.1) is 24.0 Å². The lowest BCUT2D eigenvalue weighted by Crippen LogP contribution is -2.22. The molecule has 0 heterocycles. The lowest BCUT2D eigenvalue weighted by molar-refractivity contribution is -0.386. The van der Waals surface area contributed by atoms with Crippen molar-refractivity contribution in [2.45, 2.75) is 19.9 Å². The second-order valence-corrected chi connectivity index (χ2v) is 4.54. The summed E-state index contributed by atoms with van der Waals surface area (Å²) in [5, 5.41) is 29.7. The summed E-state index contributed by atoms with van der Waals surface area (Å²) in [6, 6.07) is -1.53. The van der Waals surface area contributed by atoms with Gasteiger partial charge in [0.25, 0.3) is 5.69 Å². The number of nitrogens with two attached hydrogens (primary N) is 1. The van der Waals surface area contributed by atoms with Crippen molar-refractivity contribution in [2.24, 2.45) is 5.73 Å². The molecular weight excluding hydrogens is 308 g/mol. The molecule has 0 fully saturated rings. The van der Waals surface area contributed by atoms with E-state index in [0.29, 0.717) is 0 Å². The monoisotopic (exact) mass is 318 g/mol. The third kappa shape index (κ3) is 2.16. The van der Waals surface area contributed by atoms with Crippen molar-refractivity contribution in [1.29, 1.82) is 0 Å². The second kappa shape index (κ2) is 4.91. The third-order valence-corrected chi connectivity index (χ3v) is 3.64. The first-order valence-electron chi connectivity index (χ1n) is 4.84. The van der Waals surface area contributed by atoms with Gasteiger partial charge in [-0.1, -0.05) is 0 Å². The number of nitro groups is 1. The summed E-state index contributed by atoms with van der Waals surface area (Å²) >= 11 is 3.00. The molecule has 7 nitrogen and oxygen atoms in total. The number of halogens is 1. The van der Waals surface area contributed by atoms with Crippen LogP contribution in [0.3, 0.4) is 0 Å². The van der Waals surface area contributed by atoms with Crippen LogP contribution in [0.1, 0.15) is 22.7 Å². The van der Waals surface area contributed by atoms with Gasteiger partial charge in [0.2, 0.25) is 0 Å². The van der Waals surface area contributed by atoms with Crippen molar-refractivity contribution in [1.82, 2.24) is 0 Å². The van der Waals surface area contributed by atoms with Gasteiger partial charge in [-0.3, -0.25) is 14.9 Å². The third-order valence-electron chi connectivity index (χ3n) is 2.67. The Bertz CT molecular complexity index is 544. The van der Waals surface area contributed by atoms with Gasteiger partial charge < -0.3 is 15.9 Å². The quantitative estimate of drug-likeness (QED) is 0.575. The molecule has 0 aromatic heterocycles. The number of hydrogen-bond acceptors (Lipinski definition) is 5. The first-order chi connectivity index (χ1) is 8.20. The van der Waals surface area contributed by atoms with Gasteiger partial charge in [-0.05, 0) is 29.8 Å². The molecule has 0 spiro atoms. The van der Waals surface area contributed by atoms with Gasteiger partial charge in [0.05, 0.1) is 9.40 Å². The number of nitrogens with zero attached hydrogens (tertiary/aromatic N) is 1. The molecule has 8 heteroatoms. The summed E-state index contributed by atoms with van der Waals surface area (Å²) in [5.41, 5.74) is 5.27. The number of phenols is 1. The Morgan fingerprint density at radius 1 is 1.44 bits per heavy atom. The average molecular weight is 319 g/mol. The van der Waals surface area contributed by atoms with E-state index < -0.39 is 16.9 Å². The summed E-state index contributed by atoms with van der Waals surface area (Å²) in [7, 11) is 0. The van der Waals surface area contributed by atoms with Crippen molar-refractivity contribution in [3.8, 4) is 5.75 Å². The molecule has 1 aromatic carbocycles. The van der Waals surface area contributed by atoms with E-state index in [0.717, 1.165) is 0 Å². The van der Waals surface area contributed by atoms with E-state index in [2.05, 4.69) is 15.9 Å². The highest BCUT2D eigenvalue weighted by Gasteiger charge is 2.30. The van der Waals surface area contributed by atoms with Gasteiger partial charge in [-0.25, -0.2) is 0 Å². The topological polar surface area (TPSA) is 127 Å². The van der Waals surface area contributed by atoms with Crippen LogP contribution in [0.15, 0.2) is 4.47 Å². The summed E-state index contributed by atoms with van der Waals surface area (Å²) in [6.45, 7) is 2.81. The fourth-order valence-electron chi connectivity index (χ4n) is 1.76. The van der Waals surface area contributed by atoms with Crippen molar-refractivity contribution in [3.63, 3.8) is 0 Å². The lowest BCUT2D eigenvalue weighted by atomic mass is 9.96. The van der Waals surface area contributed by atoms with Gasteiger partial charge in [-0.2, -0.15) is 0 Å². The van der Waals surface area contributed by atoms with Gasteiger partial charge in [0.1, 0.15) is 11.8 Å². The molecule has 4 N–H and O–H groups in total. The second-order valence-electron chi connectivity index (χ2n) is 3.75. The zero-order chi connectivity index (χ0) is 14.2. The molecule has 0 aliphatic carbocycles. The lowest BCUT2D eigenvalue weighted by Gasteiger charge is -2.16. The van der Waals surface area contributed by atoms with Crippen LogP contribution >= 0.6 is 15.9 Å². The normalized spacial score (nSPS) is 12.2. The molecule has 1 rings (SSSR count). The Morgan fingerprint density at radius 3 is 2.33 bits per heavy atom. The SMILES string of the molecule is Cc1c(Br)c(O)c([C@H](N)C(=O)O)c(C)c1[N+](=O)[O-]. The van der Waals surface area contributed by atoms with E-state index in [9.17, 15) is 20.0 Å². The smallest absolute Gasteiger partial charge is 0.325 e. The maximum atomic E-state index is 11.0. The molecule has 0 aliphatic rings. The van der Waals surface area contributed by atoms with E-state index in [1.807, 2.05) is 0 Å². The maximum absolute atomic E-state index is 11.0. The number of hydrogen-bond donors (Lipinski definition) is 3. The number of carboxylic acids is 1. The Balaban J connectivity index is 3.73. The largest absolute Gasteiger partial charge is 0.506 e. The van der Waals surface area contributed by atoms with Gasteiger partial charge in [0, 0.05) is 16.7 Å². The van der Waals surface area contributed by atoms with Crippen LogP contribution in [0.2, 0.25) is 0 Å². The number of phenolic OH excluding ortho intramolecular Hbond substituents is 1. The van der Waals surface area contributed by atoms with Crippen LogP contribution in [0.4, 0.5) is 5.69 Å². The molecule has 0 aliphatic heterocycles. The summed E-state index contributed by atoms with van der Waals surface area (Å²) in [6.07, 6.45) is 0. The number of carboxylic acid groups (broad SMARTS) is 1. The number of carbonyl (C=O) groups is 1. The molecule has 98 valence electrons. The predicted octanol–water partition coefficient (Wildman–Crippen LogP) is 1.76. The van der Waals surface area contributed by atoms with Crippen LogP contribution in [-0.4, -0.2) is 21.1 Å². The minimum Gasteiger partial charge on any atom is -0.506 e. The highest BCUT2D eigenvalue weighted by molar-refractivity contribution is 9.10. The molecule has 0 saturated heterocycles. The molecule has 0 unspecified atom stereocenters. The van der Waals surface area contributed by atoms with Crippen LogP contribution in [-0.2, 0) is 4.79 Å². The maximum Gasteiger partial charge on any atom is 0.325 e. The van der Waals surface area contributed by atoms with Crippen molar-refractivity contribution >= 4 is 27.6 Å². The van der Waals surface area contributed by atoms with E-state index >= 15 is 0 Å². The molecule has 0 bridgehead atoms. The highest BCUT2D eigenvalue weighted by Crippen LogP contribution is 2.42. The summed E-state index contributed by atoms with van der Waals surface area (Å²) in [4.78, 5) is 21.2. The molecule has 1 atom stereocenters. The van der Waals surface area contributed by atoms with E-state index in [1.54, 1.807) is 0 Å². The molecule has 0 saturated carbocycles. The molecular formula is C10H11BrN2O5. The molecule has 1 aromatic rings. The van der Waals surface area contributed by atoms with Crippen LogP contribution in [0.5, 0.6) is 5.75 Å². The molecule has 0 amide bonds.